The van der Waals surface area contributed by atoms with Gasteiger partial charge in [0.05, 0.1) is 6.61 Å². The van der Waals surface area contributed by atoms with E-state index in [0.29, 0.717) is 6.61 Å². The van der Waals surface area contributed by atoms with E-state index in [4.69, 9.17) is 4.74 Å². The van der Waals surface area contributed by atoms with Gasteiger partial charge in [-0.3, -0.25) is 4.99 Å². The maximum Gasteiger partial charge on any atom is 0.191 e. The fourth-order valence-corrected chi connectivity index (χ4v) is 2.33. The van der Waals surface area contributed by atoms with Crippen LogP contribution in [0.15, 0.2) is 47.5 Å². The van der Waals surface area contributed by atoms with E-state index in [1.54, 1.807) is 7.05 Å². The van der Waals surface area contributed by atoms with Crippen LogP contribution >= 0.6 is 0 Å². The van der Waals surface area contributed by atoms with Gasteiger partial charge in [0, 0.05) is 26.7 Å². The number of rotatable bonds is 7. The summed E-state index contributed by atoms with van der Waals surface area (Å²) in [6.07, 6.45) is 0.969. The van der Waals surface area contributed by atoms with Crippen molar-refractivity contribution >= 4 is 16.7 Å². The maximum atomic E-state index is 5.30. The molecule has 0 aliphatic carbocycles. The highest BCUT2D eigenvalue weighted by molar-refractivity contribution is 5.83. The van der Waals surface area contributed by atoms with Gasteiger partial charge in [-0.2, -0.15) is 0 Å². The first-order valence-corrected chi connectivity index (χ1v) is 7.83. The molecule has 0 atom stereocenters. The summed E-state index contributed by atoms with van der Waals surface area (Å²) in [6, 6.07) is 15.1. The van der Waals surface area contributed by atoms with Crippen molar-refractivity contribution in [3.63, 3.8) is 0 Å². The average Bonchev–Trinajstić information content (AvgIpc) is 2.57. The number of aliphatic imine (C=N–C) groups is 1. The molecule has 2 aromatic rings. The van der Waals surface area contributed by atoms with Crippen LogP contribution in [0.25, 0.3) is 10.8 Å². The van der Waals surface area contributed by atoms with Crippen LogP contribution in [0.4, 0.5) is 0 Å². The van der Waals surface area contributed by atoms with Gasteiger partial charge in [0.2, 0.25) is 0 Å². The molecule has 2 N–H and O–H groups in total. The van der Waals surface area contributed by atoms with E-state index >= 15 is 0 Å². The van der Waals surface area contributed by atoms with Crippen LogP contribution in [0.2, 0.25) is 0 Å². The van der Waals surface area contributed by atoms with E-state index < -0.39 is 0 Å². The molecule has 0 spiro atoms. The van der Waals surface area contributed by atoms with Crippen molar-refractivity contribution in [1.82, 2.24) is 10.6 Å². The predicted molar refractivity (Wildman–Crippen MR) is 93.5 cm³/mol. The van der Waals surface area contributed by atoms with Crippen molar-refractivity contribution in [2.75, 3.05) is 33.4 Å². The van der Waals surface area contributed by atoms with E-state index in [1.807, 2.05) is 6.92 Å². The van der Waals surface area contributed by atoms with Gasteiger partial charge < -0.3 is 15.4 Å². The summed E-state index contributed by atoms with van der Waals surface area (Å²) in [7, 11) is 1.78. The first-order chi connectivity index (χ1) is 10.8. The number of hydrogen-bond donors (Lipinski definition) is 2. The van der Waals surface area contributed by atoms with E-state index in [-0.39, 0.29) is 0 Å². The molecule has 0 amide bonds. The number of ether oxygens (including phenoxy) is 1. The molecular formula is C18H25N3O. The topological polar surface area (TPSA) is 45.6 Å². The van der Waals surface area contributed by atoms with Crippen LogP contribution in [0.1, 0.15) is 12.5 Å². The quantitative estimate of drug-likeness (QED) is 0.469. The molecule has 0 unspecified atom stereocenters. The number of fused-ring (bicyclic) bond motifs is 1. The molecule has 0 radical (unpaired) electrons. The Labute approximate surface area is 132 Å². The minimum atomic E-state index is 0.696. The molecule has 4 heteroatoms. The lowest BCUT2D eigenvalue weighted by molar-refractivity contribution is 0.152. The molecule has 0 saturated heterocycles. The zero-order chi connectivity index (χ0) is 15.6. The van der Waals surface area contributed by atoms with Gasteiger partial charge in [0.1, 0.15) is 0 Å². The molecule has 0 bridgehead atoms. The van der Waals surface area contributed by atoms with Gasteiger partial charge in [0.25, 0.3) is 0 Å². The second kappa shape index (κ2) is 9.05. The Bertz CT molecular complexity index is 610. The van der Waals surface area contributed by atoms with E-state index in [2.05, 4.69) is 58.1 Å². The Morgan fingerprint density at radius 2 is 1.82 bits per heavy atom. The van der Waals surface area contributed by atoms with Crippen molar-refractivity contribution in [1.29, 1.82) is 0 Å². The summed E-state index contributed by atoms with van der Waals surface area (Å²) in [5, 5.41) is 9.14. The summed E-state index contributed by atoms with van der Waals surface area (Å²) in [5.41, 5.74) is 1.33. The zero-order valence-corrected chi connectivity index (χ0v) is 13.4. The molecule has 0 fully saturated rings. The zero-order valence-electron chi connectivity index (χ0n) is 13.4. The van der Waals surface area contributed by atoms with Crippen LogP contribution in [-0.4, -0.2) is 39.3 Å². The van der Waals surface area contributed by atoms with Crippen molar-refractivity contribution < 1.29 is 4.74 Å². The highest BCUT2D eigenvalue weighted by atomic mass is 16.5. The third-order valence-electron chi connectivity index (χ3n) is 3.49. The lowest BCUT2D eigenvalue weighted by Crippen LogP contribution is -2.39. The Morgan fingerprint density at radius 3 is 2.59 bits per heavy atom. The van der Waals surface area contributed by atoms with E-state index in [0.717, 1.165) is 32.1 Å². The first kappa shape index (κ1) is 16.3. The second-order valence-corrected chi connectivity index (χ2v) is 5.05. The molecule has 2 aromatic carbocycles. The molecule has 4 nitrogen and oxygen atoms in total. The van der Waals surface area contributed by atoms with Gasteiger partial charge in [-0.15, -0.1) is 0 Å². The largest absolute Gasteiger partial charge is 0.380 e. The minimum Gasteiger partial charge on any atom is -0.380 e. The first-order valence-electron chi connectivity index (χ1n) is 7.83. The van der Waals surface area contributed by atoms with Crippen LogP contribution in [0.5, 0.6) is 0 Å². The smallest absolute Gasteiger partial charge is 0.191 e. The predicted octanol–water partition coefficient (Wildman–Crippen LogP) is 2.58. The maximum absolute atomic E-state index is 5.30. The number of hydrogen-bond acceptors (Lipinski definition) is 2. The fourth-order valence-electron chi connectivity index (χ4n) is 2.33. The molecule has 0 aromatic heterocycles. The SMILES string of the molecule is CCOCCNC(=NC)NCCc1ccc2ccccc2c1. The molecule has 0 aliphatic rings. The summed E-state index contributed by atoms with van der Waals surface area (Å²) in [5.74, 6) is 0.820. The van der Waals surface area contributed by atoms with E-state index in [9.17, 15) is 0 Å². The molecule has 118 valence electrons. The summed E-state index contributed by atoms with van der Waals surface area (Å²) >= 11 is 0. The lowest BCUT2D eigenvalue weighted by Gasteiger charge is -2.12. The van der Waals surface area contributed by atoms with Crippen LogP contribution in [-0.2, 0) is 11.2 Å². The Kier molecular flexibility index (Phi) is 6.71. The lowest BCUT2D eigenvalue weighted by atomic mass is 10.1. The second-order valence-electron chi connectivity index (χ2n) is 5.05. The van der Waals surface area contributed by atoms with E-state index in [1.165, 1.54) is 16.3 Å². The van der Waals surface area contributed by atoms with Gasteiger partial charge >= 0.3 is 0 Å². The summed E-state index contributed by atoms with van der Waals surface area (Å²) in [4.78, 5) is 4.21. The highest BCUT2D eigenvalue weighted by Crippen LogP contribution is 2.15. The average molecular weight is 299 g/mol. The van der Waals surface area contributed by atoms with Crippen molar-refractivity contribution in [2.24, 2.45) is 4.99 Å². The number of guanidine groups is 1. The third kappa shape index (κ3) is 5.04. The van der Waals surface area contributed by atoms with Crippen molar-refractivity contribution in [2.45, 2.75) is 13.3 Å². The van der Waals surface area contributed by atoms with Crippen molar-refractivity contribution in [3.05, 3.63) is 48.0 Å². The highest BCUT2D eigenvalue weighted by Gasteiger charge is 1.99. The van der Waals surface area contributed by atoms with Gasteiger partial charge in [-0.25, -0.2) is 0 Å². The van der Waals surface area contributed by atoms with Crippen molar-refractivity contribution in [3.8, 4) is 0 Å². The van der Waals surface area contributed by atoms with Gasteiger partial charge in [-0.05, 0) is 29.7 Å². The number of nitrogens with one attached hydrogen (secondary N) is 2. The Hall–Kier alpha value is -2.07. The summed E-state index contributed by atoms with van der Waals surface area (Å²) in [6.45, 7) is 5.06. The molecule has 0 aliphatic heterocycles. The monoisotopic (exact) mass is 299 g/mol. The Balaban J connectivity index is 1.78. The van der Waals surface area contributed by atoms with Crippen LogP contribution < -0.4 is 10.6 Å². The van der Waals surface area contributed by atoms with Crippen LogP contribution in [0.3, 0.4) is 0 Å². The Morgan fingerprint density at radius 1 is 1.05 bits per heavy atom. The molecule has 0 saturated carbocycles. The fraction of sp³-hybridized carbons (Fsp3) is 0.389. The molecule has 2 rings (SSSR count). The standard InChI is InChI=1S/C18H25N3O/c1-3-22-13-12-21-18(19-2)20-11-10-15-8-9-16-6-4-5-7-17(16)14-15/h4-9,14H,3,10-13H2,1-2H3,(H2,19,20,21). The molecule has 0 heterocycles. The van der Waals surface area contributed by atoms with Gasteiger partial charge in [0.15, 0.2) is 5.96 Å². The minimum absolute atomic E-state index is 0.696. The summed E-state index contributed by atoms with van der Waals surface area (Å²) < 4.78 is 5.30. The van der Waals surface area contributed by atoms with Crippen LogP contribution in [0, 0.1) is 0 Å². The molecule has 22 heavy (non-hydrogen) atoms. The molecular weight excluding hydrogens is 274 g/mol. The number of nitrogens with zero attached hydrogens (tertiary/aromatic N) is 1. The normalized spacial score (nSPS) is 11.6. The third-order valence-corrected chi connectivity index (χ3v) is 3.49. The van der Waals surface area contributed by atoms with Gasteiger partial charge in [-0.1, -0.05) is 42.5 Å². The number of benzene rings is 2.